The van der Waals surface area contributed by atoms with E-state index in [-0.39, 0.29) is 11.8 Å². The molecule has 2 bridgehead atoms. The molecule has 0 spiro atoms. The molecule has 4 aromatic heterocycles. The standard InChI is InChI=1S/C74H48N6/c1-3-17-47(18-4-1)73-77-67(43-69(79-73)59-29-9-7-27-57(59)55-25-15-37-75-45-55)53-23-13-21-49(39-53)51-33-35-63-65(41-51)71-61-31-11-12-32-62(61)72(63)66-42-52(34-36-64(66)71)50-22-14-24-54(40-50)68-44-70(80-74(78-68)48-19-5-2-6-20-48)60-30-10-8-28-58(60)56-26-16-38-76-46-56/h1-46,71-72H. The van der Waals surface area contributed by atoms with Gasteiger partial charge in [-0.2, -0.15) is 0 Å². The lowest BCUT2D eigenvalue weighted by atomic mass is 9.60. The predicted molar refractivity (Wildman–Crippen MR) is 322 cm³/mol. The summed E-state index contributed by atoms with van der Waals surface area (Å²) in [7, 11) is 0. The van der Waals surface area contributed by atoms with Crippen molar-refractivity contribution >= 4 is 0 Å². The SMILES string of the molecule is c1ccc(-c2nc(-c3cccc(-c4ccc5c(c4)C4c6ccccc6C5c5cc(-c6cccc(-c7cc(-c8ccccc8-c8cccnc8)nc(-c8ccccc8)n7)c6)ccc54)c3)cc(-c3ccccc3-c3cccnc3)n2)cc1. The maximum absolute atomic E-state index is 5.25. The van der Waals surface area contributed by atoms with Crippen LogP contribution < -0.4 is 0 Å². The molecule has 2 atom stereocenters. The van der Waals surface area contributed by atoms with Crippen LogP contribution in [0.1, 0.15) is 45.2 Å². The number of rotatable bonds is 10. The van der Waals surface area contributed by atoms with Crippen molar-refractivity contribution in [3.05, 3.63) is 313 Å². The minimum atomic E-state index is 0.0906. The Bertz CT molecular complexity index is 4200. The van der Waals surface area contributed by atoms with Crippen LogP contribution in [0.25, 0.3) is 112 Å². The lowest BCUT2D eigenvalue weighted by molar-refractivity contribution is 0.755. The van der Waals surface area contributed by atoms with E-state index in [1.165, 1.54) is 44.5 Å². The normalized spacial score (nSPS) is 13.8. The van der Waals surface area contributed by atoms with Crippen molar-refractivity contribution in [3.63, 3.8) is 0 Å². The van der Waals surface area contributed by atoms with E-state index in [1.54, 1.807) is 0 Å². The third kappa shape index (κ3) is 8.38. The van der Waals surface area contributed by atoms with Gasteiger partial charge in [-0.25, -0.2) is 19.9 Å². The molecular weight excluding hydrogens is 973 g/mol. The summed E-state index contributed by atoms with van der Waals surface area (Å²) in [6, 6.07) is 90.7. The zero-order valence-corrected chi connectivity index (χ0v) is 43.4. The van der Waals surface area contributed by atoms with E-state index < -0.39 is 0 Å². The van der Waals surface area contributed by atoms with Crippen LogP contribution >= 0.6 is 0 Å². The molecule has 9 aromatic carbocycles. The number of hydrogen-bond donors (Lipinski definition) is 0. The van der Waals surface area contributed by atoms with E-state index in [0.717, 1.165) is 89.5 Å². The van der Waals surface area contributed by atoms with Gasteiger partial charge in [-0.05, 0) is 115 Å². The third-order valence-corrected chi connectivity index (χ3v) is 15.9. The highest BCUT2D eigenvalue weighted by Crippen LogP contribution is 2.57. The highest BCUT2D eigenvalue weighted by molar-refractivity contribution is 5.87. The van der Waals surface area contributed by atoms with Crippen LogP contribution in [0.5, 0.6) is 0 Å². The third-order valence-electron chi connectivity index (χ3n) is 15.9. The van der Waals surface area contributed by atoms with Gasteiger partial charge in [-0.1, -0.05) is 206 Å². The minimum absolute atomic E-state index is 0.0906. The second kappa shape index (κ2) is 19.8. The molecule has 4 heterocycles. The zero-order valence-electron chi connectivity index (χ0n) is 43.4. The second-order valence-corrected chi connectivity index (χ2v) is 20.6. The Morgan fingerprint density at radius 2 is 0.562 bits per heavy atom. The smallest absolute Gasteiger partial charge is 0.160 e. The van der Waals surface area contributed by atoms with E-state index in [9.17, 15) is 0 Å². The van der Waals surface area contributed by atoms with Gasteiger partial charge in [-0.3, -0.25) is 9.97 Å². The summed E-state index contributed by atoms with van der Waals surface area (Å²) in [5, 5.41) is 0. The fourth-order valence-corrected chi connectivity index (χ4v) is 12.2. The van der Waals surface area contributed by atoms with E-state index >= 15 is 0 Å². The molecule has 0 amide bonds. The van der Waals surface area contributed by atoms with Crippen molar-refractivity contribution in [2.24, 2.45) is 0 Å². The first-order valence-electron chi connectivity index (χ1n) is 27.1. The van der Waals surface area contributed by atoms with Crippen LogP contribution in [-0.2, 0) is 0 Å². The highest BCUT2D eigenvalue weighted by Gasteiger charge is 2.41. The fourth-order valence-electron chi connectivity index (χ4n) is 12.2. The van der Waals surface area contributed by atoms with Crippen molar-refractivity contribution < 1.29 is 0 Å². The molecule has 0 radical (unpaired) electrons. The van der Waals surface area contributed by atoms with Crippen LogP contribution in [0.3, 0.4) is 0 Å². The monoisotopic (exact) mass is 1020 g/mol. The van der Waals surface area contributed by atoms with Crippen molar-refractivity contribution in [2.45, 2.75) is 11.8 Å². The molecule has 0 saturated carbocycles. The van der Waals surface area contributed by atoms with Crippen molar-refractivity contribution in [1.82, 2.24) is 29.9 Å². The lowest BCUT2D eigenvalue weighted by Crippen LogP contribution is -2.27. The summed E-state index contributed by atoms with van der Waals surface area (Å²) >= 11 is 0. The number of aromatic nitrogens is 6. The molecule has 2 unspecified atom stereocenters. The van der Waals surface area contributed by atoms with Gasteiger partial charge in [-0.15, -0.1) is 0 Å². The van der Waals surface area contributed by atoms with Gasteiger partial charge in [0.15, 0.2) is 11.6 Å². The summed E-state index contributed by atoms with van der Waals surface area (Å²) in [6.07, 6.45) is 7.43. The largest absolute Gasteiger partial charge is 0.264 e. The van der Waals surface area contributed by atoms with Crippen LogP contribution in [0.4, 0.5) is 0 Å². The summed E-state index contributed by atoms with van der Waals surface area (Å²) < 4.78 is 0. The maximum atomic E-state index is 5.25. The van der Waals surface area contributed by atoms with Crippen molar-refractivity contribution in [2.75, 3.05) is 0 Å². The molecule has 0 fully saturated rings. The molecule has 13 aromatic rings. The number of nitrogens with zero attached hydrogens (tertiary/aromatic N) is 6. The van der Waals surface area contributed by atoms with Crippen LogP contribution in [-0.4, -0.2) is 29.9 Å². The van der Waals surface area contributed by atoms with Gasteiger partial charge in [0.2, 0.25) is 0 Å². The molecule has 0 aliphatic heterocycles. The Labute approximate surface area is 464 Å². The molecule has 3 aliphatic carbocycles. The lowest BCUT2D eigenvalue weighted by Gasteiger charge is -2.42. The minimum Gasteiger partial charge on any atom is -0.264 e. The first-order chi connectivity index (χ1) is 39.6. The average Bonchev–Trinajstić information content (AvgIpc) is 3.69. The number of hydrogen-bond acceptors (Lipinski definition) is 6. The van der Waals surface area contributed by atoms with E-state index in [0.29, 0.717) is 11.6 Å². The molecule has 0 saturated heterocycles. The summed E-state index contributed by atoms with van der Waals surface area (Å²) in [5.41, 5.74) is 26.5. The summed E-state index contributed by atoms with van der Waals surface area (Å²) in [4.78, 5) is 29.8. The fraction of sp³-hybridized carbons (Fsp3) is 0.0270. The van der Waals surface area contributed by atoms with Crippen LogP contribution in [0, 0.1) is 0 Å². The van der Waals surface area contributed by atoms with Gasteiger partial charge < -0.3 is 0 Å². The molecular formula is C74H48N6. The predicted octanol–water partition coefficient (Wildman–Crippen LogP) is 17.7. The molecule has 374 valence electrons. The molecule has 6 heteroatoms. The number of benzene rings is 9. The molecule has 3 aliphatic rings. The van der Waals surface area contributed by atoms with E-state index in [2.05, 4.69) is 216 Å². The topological polar surface area (TPSA) is 77.3 Å². The van der Waals surface area contributed by atoms with Gasteiger partial charge >= 0.3 is 0 Å². The van der Waals surface area contributed by atoms with Gasteiger partial charge in [0.05, 0.1) is 22.8 Å². The Morgan fingerprint density at radius 1 is 0.212 bits per heavy atom. The van der Waals surface area contributed by atoms with Gasteiger partial charge in [0.25, 0.3) is 0 Å². The van der Waals surface area contributed by atoms with Gasteiger partial charge in [0.1, 0.15) is 0 Å². The first kappa shape index (κ1) is 46.7. The quantitative estimate of drug-likeness (QED) is 0.136. The first-order valence-corrected chi connectivity index (χ1v) is 27.1. The zero-order chi connectivity index (χ0) is 52.9. The Kier molecular flexibility index (Phi) is 11.6. The highest BCUT2D eigenvalue weighted by atomic mass is 14.9. The molecule has 6 nitrogen and oxygen atoms in total. The number of pyridine rings is 2. The van der Waals surface area contributed by atoms with Gasteiger partial charge in [0, 0.05) is 81.1 Å². The second-order valence-electron chi connectivity index (χ2n) is 20.6. The Morgan fingerprint density at radius 3 is 1.00 bits per heavy atom. The van der Waals surface area contributed by atoms with Crippen molar-refractivity contribution in [3.8, 4) is 112 Å². The van der Waals surface area contributed by atoms with E-state index in [1.807, 2.05) is 73.3 Å². The molecule has 0 N–H and O–H groups in total. The van der Waals surface area contributed by atoms with E-state index in [4.69, 9.17) is 19.9 Å². The Balaban J connectivity index is 0.790. The molecule has 80 heavy (non-hydrogen) atoms. The average molecular weight is 1020 g/mol. The Hall–Kier alpha value is -10.6. The van der Waals surface area contributed by atoms with Crippen molar-refractivity contribution in [1.29, 1.82) is 0 Å². The summed E-state index contributed by atoms with van der Waals surface area (Å²) in [5.74, 6) is 1.54. The molecule has 16 rings (SSSR count). The maximum Gasteiger partial charge on any atom is 0.160 e. The van der Waals surface area contributed by atoms with Crippen LogP contribution in [0.2, 0.25) is 0 Å². The van der Waals surface area contributed by atoms with Crippen LogP contribution in [0.15, 0.2) is 280 Å². The summed E-state index contributed by atoms with van der Waals surface area (Å²) in [6.45, 7) is 0.